The number of hydrogen-bond acceptors (Lipinski definition) is 0. The van der Waals surface area contributed by atoms with Crippen molar-refractivity contribution in [1.82, 2.24) is 0 Å². The van der Waals surface area contributed by atoms with Crippen molar-refractivity contribution < 1.29 is 17.4 Å². The van der Waals surface area contributed by atoms with E-state index in [1.54, 1.807) is 0 Å². The zero-order chi connectivity index (χ0) is 10.5. The highest BCUT2D eigenvalue weighted by molar-refractivity contribution is 5.94. The fraction of sp³-hybridized carbons (Fsp3) is 0.214. The van der Waals surface area contributed by atoms with Crippen LogP contribution in [0, 0.1) is 0 Å². The minimum atomic E-state index is 0. The maximum absolute atomic E-state index is 3.36. The van der Waals surface area contributed by atoms with Crippen molar-refractivity contribution in [2.75, 3.05) is 0 Å². The summed E-state index contributed by atoms with van der Waals surface area (Å²) in [5.74, 6) is 0. The van der Waals surface area contributed by atoms with Crippen LogP contribution in [0.2, 0.25) is 0 Å². The molecular weight excluding hydrogens is 218 g/mol. The van der Waals surface area contributed by atoms with Gasteiger partial charge in [-0.2, -0.15) is 0 Å². The third kappa shape index (κ3) is 1.43. The average Bonchev–Trinajstić information content (AvgIpc) is 2.55. The highest BCUT2D eigenvalue weighted by Crippen LogP contribution is 2.34. The van der Waals surface area contributed by atoms with Gasteiger partial charge in [-0.05, 0) is 30.7 Å². The van der Waals surface area contributed by atoms with Gasteiger partial charge in [0.1, 0.15) is 0 Å². The van der Waals surface area contributed by atoms with E-state index in [0.717, 1.165) is 0 Å². The van der Waals surface area contributed by atoms with Gasteiger partial charge >= 0.3 is 0 Å². The van der Waals surface area contributed by atoms with Crippen molar-refractivity contribution in [1.29, 1.82) is 0 Å². The Balaban J connectivity index is 0.000000963. The first-order valence-corrected chi connectivity index (χ1v) is 5.32. The van der Waals surface area contributed by atoms with E-state index in [1.165, 1.54) is 22.0 Å². The monoisotopic (exact) mass is 231 g/mol. The number of hydrogen-bond donors (Lipinski definition) is 1. The van der Waals surface area contributed by atoms with E-state index in [2.05, 4.69) is 61.5 Å². The van der Waals surface area contributed by atoms with Crippen LogP contribution in [-0.2, 0) is 5.41 Å². The van der Waals surface area contributed by atoms with Crippen LogP contribution in [0.3, 0.4) is 0 Å². The first kappa shape index (κ1) is 11.2. The van der Waals surface area contributed by atoms with Gasteiger partial charge in [0.25, 0.3) is 0 Å². The quantitative estimate of drug-likeness (QED) is 0.593. The predicted molar refractivity (Wildman–Crippen MR) is 63.7 cm³/mol. The molecule has 0 spiro atoms. The van der Waals surface area contributed by atoms with Gasteiger partial charge in [0, 0.05) is 11.6 Å². The molecule has 0 aliphatic carbocycles. The zero-order valence-electron chi connectivity index (χ0n) is 9.42. The van der Waals surface area contributed by atoms with Gasteiger partial charge in [-0.15, -0.1) is 0 Å². The molecule has 0 amide bonds. The Morgan fingerprint density at radius 3 is 2.56 bits per heavy atom. The van der Waals surface area contributed by atoms with Crippen LogP contribution in [0.15, 0.2) is 36.4 Å². The van der Waals surface area contributed by atoms with E-state index < -0.39 is 0 Å². The number of benzene rings is 2. The van der Waals surface area contributed by atoms with E-state index in [1.807, 2.05) is 0 Å². The Morgan fingerprint density at radius 2 is 1.75 bits per heavy atom. The summed E-state index contributed by atoms with van der Waals surface area (Å²) in [5.41, 5.74) is 2.79. The van der Waals surface area contributed by atoms with E-state index in [9.17, 15) is 0 Å². The largest absolute Gasteiger partial charge is 1.00 e. The summed E-state index contributed by atoms with van der Waals surface area (Å²) in [6.07, 6.45) is 2.17. The molecule has 2 aromatic carbocycles. The summed E-state index contributed by atoms with van der Waals surface area (Å²) in [6.45, 7) is 4.50. The fourth-order valence-electron chi connectivity index (χ4n) is 2.42. The van der Waals surface area contributed by atoms with E-state index in [0.29, 0.717) is 0 Å². The summed E-state index contributed by atoms with van der Waals surface area (Å²) in [4.78, 5) is 3.36. The standard InChI is InChI=1S/C14H13N.ClH/c1-14(2)9-15-12-8-7-10-5-3-4-6-11(10)13(12)14;/h3-9H,1-2H3;1H. The van der Waals surface area contributed by atoms with Gasteiger partial charge in [-0.1, -0.05) is 24.3 Å². The third-order valence-corrected chi connectivity index (χ3v) is 3.16. The smallest absolute Gasteiger partial charge is 0.208 e. The second-order valence-electron chi connectivity index (χ2n) is 4.72. The second-order valence-corrected chi connectivity index (χ2v) is 4.72. The Kier molecular flexibility index (Phi) is 2.51. The first-order valence-electron chi connectivity index (χ1n) is 5.32. The summed E-state index contributed by atoms with van der Waals surface area (Å²) >= 11 is 0. The maximum atomic E-state index is 3.36. The Hall–Kier alpha value is -1.34. The minimum Gasteiger partial charge on any atom is -1.00 e. The third-order valence-electron chi connectivity index (χ3n) is 3.16. The lowest BCUT2D eigenvalue weighted by Crippen LogP contribution is -3.00. The van der Waals surface area contributed by atoms with Crippen molar-refractivity contribution in [3.8, 4) is 0 Å². The topological polar surface area (TPSA) is 14.0 Å². The van der Waals surface area contributed by atoms with E-state index >= 15 is 0 Å². The number of halogens is 1. The molecule has 1 heterocycles. The molecular formula is C14H14ClN. The number of nitrogens with one attached hydrogen (secondary N) is 1. The predicted octanol–water partition coefficient (Wildman–Crippen LogP) is -1.08. The lowest BCUT2D eigenvalue weighted by molar-refractivity contribution is -0.344. The lowest BCUT2D eigenvalue weighted by Gasteiger charge is -2.13. The van der Waals surface area contributed by atoms with Crippen molar-refractivity contribution >= 4 is 22.7 Å². The molecule has 0 atom stereocenters. The van der Waals surface area contributed by atoms with Crippen molar-refractivity contribution in [2.24, 2.45) is 0 Å². The van der Waals surface area contributed by atoms with Crippen molar-refractivity contribution in [3.63, 3.8) is 0 Å². The normalized spacial score (nSPS) is 15.9. The zero-order valence-corrected chi connectivity index (χ0v) is 10.2. The molecule has 1 aliphatic rings. The molecule has 3 rings (SSSR count). The fourth-order valence-corrected chi connectivity index (χ4v) is 2.42. The van der Waals surface area contributed by atoms with Gasteiger partial charge in [-0.3, -0.25) is 0 Å². The second kappa shape index (κ2) is 3.60. The van der Waals surface area contributed by atoms with Crippen LogP contribution >= 0.6 is 0 Å². The summed E-state index contributed by atoms with van der Waals surface area (Å²) in [6, 6.07) is 12.9. The Labute approximate surface area is 102 Å². The Bertz CT molecular complexity index is 570. The Morgan fingerprint density at radius 1 is 1.00 bits per heavy atom. The lowest BCUT2D eigenvalue weighted by atomic mass is 9.84. The van der Waals surface area contributed by atoms with Crippen LogP contribution in [0.25, 0.3) is 10.8 Å². The number of rotatable bonds is 0. The molecule has 82 valence electrons. The van der Waals surface area contributed by atoms with Crippen LogP contribution in [0.5, 0.6) is 0 Å². The van der Waals surface area contributed by atoms with Gasteiger partial charge in [0.2, 0.25) is 5.69 Å². The molecule has 0 fully saturated rings. The van der Waals surface area contributed by atoms with Gasteiger partial charge < -0.3 is 12.4 Å². The van der Waals surface area contributed by atoms with Crippen LogP contribution in [0.4, 0.5) is 5.69 Å². The maximum Gasteiger partial charge on any atom is 0.208 e. The molecule has 1 aliphatic heterocycles. The van der Waals surface area contributed by atoms with Gasteiger partial charge in [-0.25, -0.2) is 4.99 Å². The molecule has 1 nitrogen and oxygen atoms in total. The molecule has 0 saturated heterocycles. The van der Waals surface area contributed by atoms with Crippen LogP contribution < -0.4 is 17.4 Å². The molecule has 1 N–H and O–H groups in total. The van der Waals surface area contributed by atoms with Crippen molar-refractivity contribution in [2.45, 2.75) is 19.3 Å². The minimum absolute atomic E-state index is 0. The van der Waals surface area contributed by atoms with E-state index in [4.69, 9.17) is 0 Å². The van der Waals surface area contributed by atoms with Crippen LogP contribution in [0.1, 0.15) is 19.4 Å². The van der Waals surface area contributed by atoms with Gasteiger partial charge in [0.05, 0.1) is 5.41 Å². The number of fused-ring (bicyclic) bond motifs is 3. The molecule has 2 aromatic rings. The molecule has 0 aromatic heterocycles. The van der Waals surface area contributed by atoms with Crippen LogP contribution in [-0.4, -0.2) is 6.21 Å². The highest BCUT2D eigenvalue weighted by Gasteiger charge is 2.33. The first-order chi connectivity index (χ1) is 7.18. The molecule has 0 unspecified atom stereocenters. The van der Waals surface area contributed by atoms with Crippen molar-refractivity contribution in [3.05, 3.63) is 42.0 Å². The summed E-state index contributed by atoms with van der Waals surface area (Å²) in [7, 11) is 0. The summed E-state index contributed by atoms with van der Waals surface area (Å²) in [5, 5.41) is 2.68. The average molecular weight is 232 g/mol. The van der Waals surface area contributed by atoms with Gasteiger partial charge in [0.15, 0.2) is 6.21 Å². The van der Waals surface area contributed by atoms with E-state index in [-0.39, 0.29) is 17.8 Å². The molecule has 16 heavy (non-hydrogen) atoms. The highest BCUT2D eigenvalue weighted by atomic mass is 35.5. The molecule has 0 saturated carbocycles. The molecule has 0 radical (unpaired) electrons. The SMILES string of the molecule is CC1(C)C=[NH+]c2ccc3ccccc3c21.[Cl-]. The molecule has 0 bridgehead atoms. The molecule has 2 heteroatoms. The summed E-state index contributed by atoms with van der Waals surface area (Å²) < 4.78 is 0.